The van der Waals surface area contributed by atoms with Crippen LogP contribution in [0.5, 0.6) is 5.75 Å². The van der Waals surface area contributed by atoms with E-state index in [9.17, 15) is 0 Å². The molecule has 0 aliphatic heterocycles. The molecule has 2 aromatic rings. The molecule has 2 aromatic carbocycles. The van der Waals surface area contributed by atoms with Gasteiger partial charge in [-0.15, -0.1) is 24.0 Å². The Bertz CT molecular complexity index is 664. The van der Waals surface area contributed by atoms with E-state index in [0.29, 0.717) is 0 Å². The third-order valence-electron chi connectivity index (χ3n) is 3.45. The minimum absolute atomic E-state index is 0. The van der Waals surface area contributed by atoms with E-state index in [-0.39, 0.29) is 24.0 Å². The van der Waals surface area contributed by atoms with Crippen LogP contribution >= 0.6 is 39.9 Å². The Hall–Kier alpha value is -1.28. The first-order valence-corrected chi connectivity index (χ1v) is 8.33. The second-order valence-corrected chi connectivity index (χ2v) is 5.96. The van der Waals surface area contributed by atoms with E-state index in [1.807, 2.05) is 30.3 Å². The molecule has 6 heteroatoms. The smallest absolute Gasteiger partial charge is 0.191 e. The predicted molar refractivity (Wildman–Crippen MR) is 114 cm³/mol. The maximum atomic E-state index is 5.37. The normalized spacial score (nSPS) is 10.7. The zero-order valence-electron chi connectivity index (χ0n) is 13.9. The van der Waals surface area contributed by atoms with Crippen LogP contribution in [0, 0.1) is 0 Å². The number of ether oxygens (including phenoxy) is 1. The molecule has 0 unspecified atom stereocenters. The summed E-state index contributed by atoms with van der Waals surface area (Å²) in [7, 11) is 3.48. The Morgan fingerprint density at radius 3 is 2.62 bits per heavy atom. The molecule has 2 rings (SSSR count). The minimum Gasteiger partial charge on any atom is -0.496 e. The van der Waals surface area contributed by atoms with E-state index in [2.05, 4.69) is 49.8 Å². The number of halogens is 2. The van der Waals surface area contributed by atoms with Gasteiger partial charge in [-0.3, -0.25) is 4.99 Å². The Labute approximate surface area is 169 Å². The van der Waals surface area contributed by atoms with E-state index in [0.717, 1.165) is 35.7 Å². The van der Waals surface area contributed by atoms with E-state index < -0.39 is 0 Å². The van der Waals surface area contributed by atoms with Gasteiger partial charge in [-0.2, -0.15) is 0 Å². The van der Waals surface area contributed by atoms with Gasteiger partial charge in [0.15, 0.2) is 5.96 Å². The van der Waals surface area contributed by atoms with Crippen molar-refractivity contribution >= 4 is 45.9 Å². The van der Waals surface area contributed by atoms with Crippen molar-refractivity contribution in [2.45, 2.75) is 13.0 Å². The van der Waals surface area contributed by atoms with Crippen LogP contribution in [0.3, 0.4) is 0 Å². The molecule has 0 bridgehead atoms. The van der Waals surface area contributed by atoms with Crippen molar-refractivity contribution < 1.29 is 4.74 Å². The van der Waals surface area contributed by atoms with Gasteiger partial charge in [0, 0.05) is 24.6 Å². The van der Waals surface area contributed by atoms with Gasteiger partial charge in [-0.1, -0.05) is 46.3 Å². The fourth-order valence-electron chi connectivity index (χ4n) is 2.28. The topological polar surface area (TPSA) is 45.7 Å². The molecule has 0 aliphatic rings. The number of rotatable bonds is 6. The van der Waals surface area contributed by atoms with Crippen molar-refractivity contribution in [1.29, 1.82) is 0 Å². The van der Waals surface area contributed by atoms with Gasteiger partial charge in [-0.25, -0.2) is 0 Å². The first-order chi connectivity index (χ1) is 11.2. The molecule has 0 radical (unpaired) electrons. The standard InChI is InChI=1S/C18H22BrN3O.HI/c1-20-18(22-13-14-6-5-8-16(19)12-14)21-11-10-15-7-3-4-9-17(15)23-2;/h3-9,12H,10-11,13H2,1-2H3,(H2,20,21,22);1H. The van der Waals surface area contributed by atoms with Gasteiger partial charge in [0.1, 0.15) is 5.75 Å². The van der Waals surface area contributed by atoms with Crippen LogP contribution < -0.4 is 15.4 Å². The van der Waals surface area contributed by atoms with Crippen LogP contribution in [-0.4, -0.2) is 26.7 Å². The van der Waals surface area contributed by atoms with Gasteiger partial charge >= 0.3 is 0 Å². The number of hydrogen-bond donors (Lipinski definition) is 2. The molecule has 4 nitrogen and oxygen atoms in total. The van der Waals surface area contributed by atoms with Gasteiger partial charge in [0.25, 0.3) is 0 Å². The Kier molecular flexibility index (Phi) is 9.78. The van der Waals surface area contributed by atoms with Crippen molar-refractivity contribution in [2.75, 3.05) is 20.7 Å². The lowest BCUT2D eigenvalue weighted by Gasteiger charge is -2.13. The number of para-hydroxylation sites is 1. The summed E-state index contributed by atoms with van der Waals surface area (Å²) in [6.07, 6.45) is 0.877. The number of nitrogens with one attached hydrogen (secondary N) is 2. The van der Waals surface area contributed by atoms with E-state index in [1.54, 1.807) is 14.2 Å². The minimum atomic E-state index is 0. The quantitative estimate of drug-likeness (QED) is 0.356. The van der Waals surface area contributed by atoms with Gasteiger partial charge < -0.3 is 15.4 Å². The Balaban J connectivity index is 0.00000288. The maximum Gasteiger partial charge on any atom is 0.191 e. The lowest BCUT2D eigenvalue weighted by atomic mass is 10.1. The summed E-state index contributed by atoms with van der Waals surface area (Å²) >= 11 is 3.48. The lowest BCUT2D eigenvalue weighted by Crippen LogP contribution is -2.37. The highest BCUT2D eigenvalue weighted by atomic mass is 127. The number of aliphatic imine (C=N–C) groups is 1. The van der Waals surface area contributed by atoms with Crippen LogP contribution in [-0.2, 0) is 13.0 Å². The molecular formula is C18H23BrIN3O. The van der Waals surface area contributed by atoms with E-state index in [1.165, 1.54) is 11.1 Å². The van der Waals surface area contributed by atoms with E-state index >= 15 is 0 Å². The molecular weight excluding hydrogens is 481 g/mol. The number of guanidine groups is 1. The van der Waals surface area contributed by atoms with Gasteiger partial charge in [-0.05, 0) is 35.7 Å². The molecule has 0 saturated heterocycles. The average molecular weight is 504 g/mol. The maximum absolute atomic E-state index is 5.37. The van der Waals surface area contributed by atoms with Crippen LogP contribution in [0.25, 0.3) is 0 Å². The summed E-state index contributed by atoms with van der Waals surface area (Å²) in [5, 5.41) is 6.64. The fraction of sp³-hybridized carbons (Fsp3) is 0.278. The highest BCUT2D eigenvalue weighted by Gasteiger charge is 2.03. The monoisotopic (exact) mass is 503 g/mol. The molecule has 0 saturated carbocycles. The van der Waals surface area contributed by atoms with Crippen molar-refractivity contribution in [3.63, 3.8) is 0 Å². The Morgan fingerprint density at radius 2 is 1.92 bits per heavy atom. The number of hydrogen-bond acceptors (Lipinski definition) is 2. The zero-order valence-corrected chi connectivity index (χ0v) is 17.8. The summed E-state index contributed by atoms with van der Waals surface area (Å²) in [5.74, 6) is 1.71. The highest BCUT2D eigenvalue weighted by Crippen LogP contribution is 2.17. The van der Waals surface area contributed by atoms with Gasteiger partial charge in [0.2, 0.25) is 0 Å². The summed E-state index contributed by atoms with van der Waals surface area (Å²) in [4.78, 5) is 4.25. The zero-order chi connectivity index (χ0) is 16.5. The summed E-state index contributed by atoms with van der Waals surface area (Å²) in [6, 6.07) is 16.3. The lowest BCUT2D eigenvalue weighted by molar-refractivity contribution is 0.409. The third kappa shape index (κ3) is 6.68. The molecule has 0 aromatic heterocycles. The SMILES string of the molecule is CN=C(NCCc1ccccc1OC)NCc1cccc(Br)c1.I. The first-order valence-electron chi connectivity index (χ1n) is 7.54. The predicted octanol–water partition coefficient (Wildman–Crippen LogP) is 3.98. The van der Waals surface area contributed by atoms with E-state index in [4.69, 9.17) is 4.74 Å². The molecule has 0 amide bonds. The second-order valence-electron chi connectivity index (χ2n) is 5.04. The second kappa shape index (κ2) is 11.3. The van der Waals surface area contributed by atoms with Crippen LogP contribution in [0.4, 0.5) is 0 Å². The van der Waals surface area contributed by atoms with Crippen molar-refractivity contribution in [3.05, 3.63) is 64.1 Å². The molecule has 0 aliphatic carbocycles. The average Bonchev–Trinajstić information content (AvgIpc) is 2.58. The first kappa shape index (κ1) is 20.8. The fourth-order valence-corrected chi connectivity index (χ4v) is 2.73. The Morgan fingerprint density at radius 1 is 1.12 bits per heavy atom. The summed E-state index contributed by atoms with van der Waals surface area (Å²) in [6.45, 7) is 1.52. The molecule has 0 atom stereocenters. The summed E-state index contributed by atoms with van der Waals surface area (Å²) < 4.78 is 6.45. The van der Waals surface area contributed by atoms with Gasteiger partial charge in [0.05, 0.1) is 7.11 Å². The van der Waals surface area contributed by atoms with Crippen LogP contribution in [0.2, 0.25) is 0 Å². The molecule has 0 fully saturated rings. The number of benzene rings is 2. The van der Waals surface area contributed by atoms with Crippen molar-refractivity contribution in [3.8, 4) is 5.75 Å². The highest BCUT2D eigenvalue weighted by molar-refractivity contribution is 14.0. The molecule has 130 valence electrons. The van der Waals surface area contributed by atoms with Crippen molar-refractivity contribution in [2.24, 2.45) is 4.99 Å². The molecule has 24 heavy (non-hydrogen) atoms. The number of nitrogens with zero attached hydrogens (tertiary/aromatic N) is 1. The number of methoxy groups -OCH3 is 1. The largest absolute Gasteiger partial charge is 0.496 e. The molecule has 0 heterocycles. The van der Waals surface area contributed by atoms with Crippen LogP contribution in [0.1, 0.15) is 11.1 Å². The summed E-state index contributed by atoms with van der Waals surface area (Å²) in [5.41, 5.74) is 2.39. The van der Waals surface area contributed by atoms with Crippen LogP contribution in [0.15, 0.2) is 58.0 Å². The van der Waals surface area contributed by atoms with Crippen molar-refractivity contribution in [1.82, 2.24) is 10.6 Å². The molecule has 0 spiro atoms. The molecule has 2 N–H and O–H groups in total. The third-order valence-corrected chi connectivity index (χ3v) is 3.95.